The van der Waals surface area contributed by atoms with Crippen molar-refractivity contribution in [1.82, 2.24) is 9.80 Å². The number of oxime groups is 1. The zero-order valence-electron chi connectivity index (χ0n) is 34.2. The van der Waals surface area contributed by atoms with Crippen LogP contribution < -0.4 is 14.2 Å². The third kappa shape index (κ3) is 9.68. The Bertz CT molecular complexity index is 2010. The van der Waals surface area contributed by atoms with Crippen LogP contribution in [0, 0.1) is 27.9 Å². The number of non-ortho nitro benzene ring substituents is 1. The van der Waals surface area contributed by atoms with E-state index in [0.29, 0.717) is 30.9 Å². The SMILES string of the molecule is C=CCO[C@@]12Oc3ccc(OCCN4CC4)cc3[C@H]3[C@H](CCCCO)[C@@H](CCCCO)C=C(C(=NOCc4ccccc4)C[C@@H]1N(C)C(=O)Oc1ccc([N+](=O)[O-])cc1)[C@H]32. The van der Waals surface area contributed by atoms with E-state index in [9.17, 15) is 25.1 Å². The number of carbonyl (C=O) groups is 1. The fourth-order valence-corrected chi connectivity index (χ4v) is 9.10. The Morgan fingerprint density at radius 3 is 2.47 bits per heavy atom. The van der Waals surface area contributed by atoms with Crippen molar-refractivity contribution in [2.45, 2.75) is 69.3 Å². The van der Waals surface area contributed by atoms with Crippen molar-refractivity contribution in [3.05, 3.63) is 118 Å². The van der Waals surface area contributed by atoms with Crippen molar-refractivity contribution < 1.29 is 43.7 Å². The van der Waals surface area contributed by atoms with Gasteiger partial charge in [-0.25, -0.2) is 4.79 Å². The Balaban J connectivity index is 1.36. The van der Waals surface area contributed by atoms with E-state index in [-0.39, 0.29) is 62.0 Å². The number of allylic oxidation sites excluding steroid dienone is 1. The molecule has 0 aromatic heterocycles. The predicted molar refractivity (Wildman–Crippen MR) is 225 cm³/mol. The number of nitro benzene ring substituents is 1. The minimum absolute atomic E-state index is 0.0498. The molecular weight excluding hydrogens is 769 g/mol. The molecule has 2 fully saturated rings. The van der Waals surface area contributed by atoms with Gasteiger partial charge >= 0.3 is 6.09 Å². The minimum Gasteiger partial charge on any atom is -0.492 e. The van der Waals surface area contributed by atoms with Crippen LogP contribution in [-0.2, 0) is 16.2 Å². The van der Waals surface area contributed by atoms with Crippen molar-refractivity contribution in [2.24, 2.45) is 22.9 Å². The molecular formula is C46H56N4O10. The molecule has 3 aromatic carbocycles. The maximum Gasteiger partial charge on any atom is 0.415 e. The van der Waals surface area contributed by atoms with E-state index in [2.05, 4.69) is 23.6 Å². The molecule has 2 N–H and O–H groups in total. The molecule has 1 amide bonds. The second-order valence-electron chi connectivity index (χ2n) is 16.0. The van der Waals surface area contributed by atoms with Gasteiger partial charge in [0.15, 0.2) is 0 Å². The number of unbranched alkanes of at least 4 members (excludes halogenated alkanes) is 2. The van der Waals surface area contributed by atoms with Crippen LogP contribution >= 0.6 is 0 Å². The molecule has 1 saturated heterocycles. The van der Waals surface area contributed by atoms with Gasteiger partial charge < -0.3 is 38.9 Å². The van der Waals surface area contributed by atoms with Gasteiger partial charge in [0, 0.05) is 69.9 Å². The molecule has 320 valence electrons. The monoisotopic (exact) mass is 824 g/mol. The van der Waals surface area contributed by atoms with E-state index >= 15 is 0 Å². The second kappa shape index (κ2) is 19.9. The third-order valence-electron chi connectivity index (χ3n) is 12.1. The van der Waals surface area contributed by atoms with E-state index in [4.69, 9.17) is 28.9 Å². The highest BCUT2D eigenvalue weighted by atomic mass is 16.7. The highest BCUT2D eigenvalue weighted by Gasteiger charge is 2.65. The average molecular weight is 825 g/mol. The number of aliphatic hydroxyl groups is 2. The summed E-state index contributed by atoms with van der Waals surface area (Å²) in [6.45, 7) is 8.05. The van der Waals surface area contributed by atoms with E-state index in [1.165, 1.54) is 29.2 Å². The van der Waals surface area contributed by atoms with Crippen LogP contribution in [0.3, 0.4) is 0 Å². The lowest BCUT2D eigenvalue weighted by molar-refractivity contribution is -0.384. The number of benzene rings is 3. The maximum absolute atomic E-state index is 14.2. The number of aliphatic hydroxyl groups excluding tert-OH is 2. The topological polar surface area (TPSA) is 165 Å². The van der Waals surface area contributed by atoms with Gasteiger partial charge in [0.25, 0.3) is 5.69 Å². The lowest BCUT2D eigenvalue weighted by Gasteiger charge is -2.59. The number of ether oxygens (including phenoxy) is 4. The van der Waals surface area contributed by atoms with E-state index in [0.717, 1.165) is 67.8 Å². The van der Waals surface area contributed by atoms with Gasteiger partial charge in [0.1, 0.15) is 36.5 Å². The Kier molecular flexibility index (Phi) is 14.2. The fraction of sp³-hybridized carbons (Fsp3) is 0.478. The normalized spacial score (nSPS) is 24.6. The summed E-state index contributed by atoms with van der Waals surface area (Å²) in [6.07, 6.45) is 7.96. The number of nitro groups is 1. The molecule has 4 aliphatic rings. The zero-order valence-corrected chi connectivity index (χ0v) is 34.2. The number of amides is 1. The lowest BCUT2D eigenvalue weighted by atomic mass is 9.55. The highest BCUT2D eigenvalue weighted by Crippen LogP contribution is 2.61. The Labute approximate surface area is 351 Å². The van der Waals surface area contributed by atoms with Crippen molar-refractivity contribution >= 4 is 17.5 Å². The maximum atomic E-state index is 14.2. The van der Waals surface area contributed by atoms with Gasteiger partial charge in [-0.05, 0) is 79.0 Å². The van der Waals surface area contributed by atoms with Crippen LogP contribution in [0.15, 0.2) is 102 Å². The first kappa shape index (κ1) is 42.8. The van der Waals surface area contributed by atoms with Crippen LogP contribution in [-0.4, -0.2) is 102 Å². The summed E-state index contributed by atoms with van der Waals surface area (Å²) in [5.41, 5.74) is 3.35. The van der Waals surface area contributed by atoms with Crippen molar-refractivity contribution in [2.75, 3.05) is 53.1 Å². The van der Waals surface area contributed by atoms with Crippen molar-refractivity contribution in [1.29, 1.82) is 0 Å². The van der Waals surface area contributed by atoms with Gasteiger partial charge in [-0.15, -0.1) is 6.58 Å². The average Bonchev–Trinajstić information content (AvgIpc) is 4.09. The number of carbonyl (C=O) groups excluding carboxylic acids is 1. The van der Waals surface area contributed by atoms with Gasteiger partial charge in [0.05, 0.1) is 23.2 Å². The summed E-state index contributed by atoms with van der Waals surface area (Å²) in [6, 6.07) is 20.2. The number of likely N-dealkylation sites (N-methyl/N-ethyl adjacent to an activating group) is 1. The molecule has 14 nitrogen and oxygen atoms in total. The van der Waals surface area contributed by atoms with Crippen LogP contribution in [0.2, 0.25) is 0 Å². The third-order valence-corrected chi connectivity index (χ3v) is 12.1. The van der Waals surface area contributed by atoms with Gasteiger partial charge in [0.2, 0.25) is 5.79 Å². The molecule has 1 saturated carbocycles. The Morgan fingerprint density at radius 1 is 1.03 bits per heavy atom. The van der Waals surface area contributed by atoms with Gasteiger partial charge in [-0.2, -0.15) is 0 Å². The van der Waals surface area contributed by atoms with E-state index in [1.807, 2.05) is 42.5 Å². The van der Waals surface area contributed by atoms with Crippen LogP contribution in [0.5, 0.6) is 17.2 Å². The fourth-order valence-electron chi connectivity index (χ4n) is 9.10. The molecule has 60 heavy (non-hydrogen) atoms. The van der Waals surface area contributed by atoms with Crippen LogP contribution in [0.25, 0.3) is 0 Å². The number of hydrogen-bond donors (Lipinski definition) is 2. The smallest absolute Gasteiger partial charge is 0.415 e. The van der Waals surface area contributed by atoms with Gasteiger partial charge in [-0.1, -0.05) is 60.5 Å². The van der Waals surface area contributed by atoms with Crippen molar-refractivity contribution in [3.63, 3.8) is 0 Å². The Hall–Kier alpha value is -5.28. The molecule has 2 heterocycles. The predicted octanol–water partition coefficient (Wildman–Crippen LogP) is 7.25. The quantitative estimate of drug-likeness (QED) is 0.0365. The molecule has 7 rings (SSSR count). The minimum atomic E-state index is -1.47. The van der Waals surface area contributed by atoms with Crippen molar-refractivity contribution in [3.8, 4) is 17.2 Å². The first-order chi connectivity index (χ1) is 29.3. The number of fused-ring (bicyclic) bond motifs is 2. The second-order valence-corrected chi connectivity index (χ2v) is 16.0. The largest absolute Gasteiger partial charge is 0.492 e. The van der Waals surface area contributed by atoms with E-state index < -0.39 is 28.8 Å². The molecule has 0 bridgehead atoms. The summed E-state index contributed by atoms with van der Waals surface area (Å²) < 4.78 is 26.3. The molecule has 14 heteroatoms. The summed E-state index contributed by atoms with van der Waals surface area (Å²) in [5, 5.41) is 35.9. The molecule has 0 spiro atoms. The standard InChI is InChI=1S/C46H56N4O10/c1-3-26-57-46-42(48(2)45(53)59-35-17-15-34(16-18-35)50(54)55)30-40(47-58-31-32-11-5-4-6-12-32)38-28-33(13-7-9-24-51)37(14-8-10-25-52)43(44(38)46)39-29-36(19-20-41(39)60-46)56-27-23-49-21-22-49/h3-6,11-12,15-20,28-29,33,37,42-44,51-52H,1,7-10,13-14,21-27,30-31H2,2H3/t33-,37+,42-,43+,44+,46+/m0/s1. The van der Waals surface area contributed by atoms with Crippen LogP contribution in [0.1, 0.15) is 62.0 Å². The molecule has 2 aliphatic carbocycles. The number of rotatable bonds is 21. The first-order valence-electron chi connectivity index (χ1n) is 21.0. The van der Waals surface area contributed by atoms with Crippen LogP contribution in [0.4, 0.5) is 10.5 Å². The lowest BCUT2D eigenvalue weighted by Crippen LogP contribution is -2.69. The van der Waals surface area contributed by atoms with E-state index in [1.54, 1.807) is 13.1 Å². The number of nitrogens with zero attached hydrogens (tertiary/aromatic N) is 4. The molecule has 6 atom stereocenters. The first-order valence-corrected chi connectivity index (χ1v) is 21.0. The molecule has 3 aromatic rings. The summed E-state index contributed by atoms with van der Waals surface area (Å²) >= 11 is 0. The molecule has 0 radical (unpaired) electrons. The Morgan fingerprint density at radius 2 is 1.77 bits per heavy atom. The zero-order chi connectivity index (χ0) is 42.1. The summed E-state index contributed by atoms with van der Waals surface area (Å²) in [7, 11) is 1.63. The highest BCUT2D eigenvalue weighted by molar-refractivity contribution is 6.03. The summed E-state index contributed by atoms with van der Waals surface area (Å²) in [5.74, 6) is -0.572. The molecule has 2 aliphatic heterocycles. The molecule has 0 unspecified atom stereocenters. The van der Waals surface area contributed by atoms with Gasteiger partial charge in [-0.3, -0.25) is 15.0 Å². The number of hydrogen-bond acceptors (Lipinski definition) is 12. The summed E-state index contributed by atoms with van der Waals surface area (Å²) in [4.78, 5) is 35.0.